The molecule has 0 aliphatic carbocycles. The van der Waals surface area contributed by atoms with Gasteiger partial charge < -0.3 is 19.8 Å². The van der Waals surface area contributed by atoms with Gasteiger partial charge in [-0.2, -0.15) is 0 Å². The van der Waals surface area contributed by atoms with Crippen LogP contribution in [0.25, 0.3) is 33.2 Å². The van der Waals surface area contributed by atoms with Crippen molar-refractivity contribution in [3.8, 4) is 17.0 Å². The van der Waals surface area contributed by atoms with Crippen molar-refractivity contribution in [3.05, 3.63) is 58.5 Å². The lowest BCUT2D eigenvalue weighted by Crippen LogP contribution is -2.32. The molecule has 8 heteroatoms. The zero-order valence-corrected chi connectivity index (χ0v) is 21.6. The third-order valence-electron chi connectivity index (χ3n) is 6.10. The van der Waals surface area contributed by atoms with Crippen molar-refractivity contribution in [1.29, 1.82) is 0 Å². The Hall–Kier alpha value is -3.65. The number of fused-ring (bicyclic) bond motifs is 2. The normalized spacial score (nSPS) is 11.8. The summed E-state index contributed by atoms with van der Waals surface area (Å²) in [4.78, 5) is 31.7. The SMILES string of the molecule is CCc1c(-c2nc3cc(OC)ccc3n(CC(=O)OC(C)(C)C)c2=O)c2ccccc2n1CCCN. The molecule has 0 unspecified atom stereocenters. The van der Waals surface area contributed by atoms with Gasteiger partial charge in [-0.1, -0.05) is 25.1 Å². The molecule has 8 nitrogen and oxygen atoms in total. The minimum Gasteiger partial charge on any atom is -0.497 e. The molecule has 0 spiro atoms. The topological polar surface area (TPSA) is 101 Å². The smallest absolute Gasteiger partial charge is 0.326 e. The molecule has 190 valence electrons. The summed E-state index contributed by atoms with van der Waals surface area (Å²) in [5, 5.41) is 0.946. The first kappa shape index (κ1) is 25.4. The van der Waals surface area contributed by atoms with Gasteiger partial charge in [0.25, 0.3) is 5.56 Å². The van der Waals surface area contributed by atoms with Crippen LogP contribution in [-0.2, 0) is 29.0 Å². The Balaban J connectivity index is 2.02. The van der Waals surface area contributed by atoms with Gasteiger partial charge in [-0.25, -0.2) is 4.98 Å². The maximum Gasteiger partial charge on any atom is 0.326 e. The van der Waals surface area contributed by atoms with Gasteiger partial charge in [0, 0.05) is 34.8 Å². The standard InChI is InChI=1S/C28H34N4O4/c1-6-21-25(19-10-7-8-11-22(19)31(21)15-9-14-29)26-27(34)32(17-24(33)36-28(2,3)4)23-13-12-18(35-5)16-20(23)30-26/h7-8,10-13,16H,6,9,14-15,17,29H2,1-5H3. The number of para-hydroxylation sites is 1. The number of esters is 1. The average Bonchev–Trinajstić information content (AvgIpc) is 3.15. The number of carbonyl (C=O) groups is 1. The fourth-order valence-corrected chi connectivity index (χ4v) is 4.67. The summed E-state index contributed by atoms with van der Waals surface area (Å²) in [5.74, 6) is 0.129. The summed E-state index contributed by atoms with van der Waals surface area (Å²) in [6.07, 6.45) is 1.52. The van der Waals surface area contributed by atoms with Crippen LogP contribution in [0.4, 0.5) is 0 Å². The van der Waals surface area contributed by atoms with E-state index in [4.69, 9.17) is 20.2 Å². The second kappa shape index (κ2) is 10.1. The average molecular weight is 491 g/mol. The van der Waals surface area contributed by atoms with Crippen molar-refractivity contribution in [2.24, 2.45) is 5.73 Å². The number of aryl methyl sites for hydroxylation is 1. The zero-order chi connectivity index (χ0) is 26.0. The molecule has 2 N–H and O–H groups in total. The number of nitrogens with zero attached hydrogens (tertiary/aromatic N) is 3. The van der Waals surface area contributed by atoms with Crippen LogP contribution >= 0.6 is 0 Å². The highest BCUT2D eigenvalue weighted by Crippen LogP contribution is 2.34. The van der Waals surface area contributed by atoms with Crippen molar-refractivity contribution < 1.29 is 14.3 Å². The van der Waals surface area contributed by atoms with E-state index in [-0.39, 0.29) is 12.1 Å². The summed E-state index contributed by atoms with van der Waals surface area (Å²) in [6.45, 7) is 8.58. The van der Waals surface area contributed by atoms with Crippen LogP contribution in [0.2, 0.25) is 0 Å². The van der Waals surface area contributed by atoms with Gasteiger partial charge in [0.15, 0.2) is 0 Å². The molecule has 0 bridgehead atoms. The third-order valence-corrected chi connectivity index (χ3v) is 6.10. The van der Waals surface area contributed by atoms with Crippen LogP contribution in [0.1, 0.15) is 39.8 Å². The molecular formula is C28H34N4O4. The number of aromatic nitrogens is 3. The highest BCUT2D eigenvalue weighted by molar-refractivity contribution is 5.98. The van der Waals surface area contributed by atoms with Gasteiger partial charge in [0.05, 0.1) is 18.1 Å². The minimum absolute atomic E-state index is 0.221. The van der Waals surface area contributed by atoms with Crippen molar-refractivity contribution in [2.45, 2.75) is 59.2 Å². The molecule has 2 aromatic heterocycles. The van der Waals surface area contributed by atoms with E-state index in [9.17, 15) is 9.59 Å². The van der Waals surface area contributed by atoms with Gasteiger partial charge in [-0.3, -0.25) is 14.2 Å². The second-order valence-corrected chi connectivity index (χ2v) is 9.78. The summed E-state index contributed by atoms with van der Waals surface area (Å²) < 4.78 is 14.6. The van der Waals surface area contributed by atoms with E-state index in [1.165, 1.54) is 4.57 Å². The fraction of sp³-hybridized carbons (Fsp3) is 0.393. The van der Waals surface area contributed by atoms with Crippen molar-refractivity contribution in [1.82, 2.24) is 14.1 Å². The summed E-state index contributed by atoms with van der Waals surface area (Å²) in [5.41, 5.74) is 9.06. The molecule has 0 aliphatic rings. The van der Waals surface area contributed by atoms with Crippen molar-refractivity contribution in [3.63, 3.8) is 0 Å². The number of hydrogen-bond acceptors (Lipinski definition) is 6. The molecule has 0 amide bonds. The maximum absolute atomic E-state index is 14.0. The van der Waals surface area contributed by atoms with E-state index in [0.29, 0.717) is 35.4 Å². The molecule has 0 aliphatic heterocycles. The van der Waals surface area contributed by atoms with Crippen LogP contribution in [0.3, 0.4) is 0 Å². The van der Waals surface area contributed by atoms with Gasteiger partial charge in [-0.05, 0) is 58.4 Å². The summed E-state index contributed by atoms with van der Waals surface area (Å²) in [6, 6.07) is 13.3. The molecule has 2 aromatic carbocycles. The molecule has 0 radical (unpaired) electrons. The van der Waals surface area contributed by atoms with Crippen molar-refractivity contribution in [2.75, 3.05) is 13.7 Å². The molecule has 36 heavy (non-hydrogen) atoms. The van der Waals surface area contributed by atoms with Gasteiger partial charge in [-0.15, -0.1) is 0 Å². The number of nitrogens with two attached hydrogens (primary N) is 1. The van der Waals surface area contributed by atoms with Crippen LogP contribution in [0.15, 0.2) is 47.3 Å². The first-order chi connectivity index (χ1) is 17.2. The number of rotatable bonds is 8. The highest BCUT2D eigenvalue weighted by atomic mass is 16.6. The van der Waals surface area contributed by atoms with E-state index < -0.39 is 11.6 Å². The summed E-state index contributed by atoms with van der Waals surface area (Å²) in [7, 11) is 1.58. The molecule has 4 aromatic rings. The largest absolute Gasteiger partial charge is 0.497 e. The maximum atomic E-state index is 14.0. The van der Waals surface area contributed by atoms with Crippen LogP contribution < -0.4 is 16.0 Å². The lowest BCUT2D eigenvalue weighted by molar-refractivity contribution is -0.155. The first-order valence-electron chi connectivity index (χ1n) is 12.3. The van der Waals surface area contributed by atoms with Gasteiger partial charge in [0.2, 0.25) is 0 Å². The fourth-order valence-electron chi connectivity index (χ4n) is 4.67. The predicted molar refractivity (Wildman–Crippen MR) is 142 cm³/mol. The Bertz CT molecular complexity index is 1480. The van der Waals surface area contributed by atoms with E-state index in [1.807, 2.05) is 18.2 Å². The number of benzene rings is 2. The molecular weight excluding hydrogens is 456 g/mol. The lowest BCUT2D eigenvalue weighted by Gasteiger charge is -2.20. The highest BCUT2D eigenvalue weighted by Gasteiger charge is 2.24. The minimum atomic E-state index is -0.665. The Kier molecular flexibility index (Phi) is 7.17. The summed E-state index contributed by atoms with van der Waals surface area (Å²) >= 11 is 0. The Morgan fingerprint density at radius 3 is 2.50 bits per heavy atom. The number of carbonyl (C=O) groups excluding carboxylic acids is 1. The monoisotopic (exact) mass is 490 g/mol. The Morgan fingerprint density at radius 2 is 1.83 bits per heavy atom. The molecule has 0 atom stereocenters. The van der Waals surface area contributed by atoms with E-state index in [0.717, 1.165) is 35.1 Å². The molecule has 2 heterocycles. The zero-order valence-electron chi connectivity index (χ0n) is 21.6. The lowest BCUT2D eigenvalue weighted by atomic mass is 10.1. The second-order valence-electron chi connectivity index (χ2n) is 9.78. The van der Waals surface area contributed by atoms with Crippen LogP contribution in [-0.4, -0.2) is 39.3 Å². The Labute approximate surface area is 210 Å². The quantitative estimate of drug-likeness (QED) is 0.370. The van der Waals surface area contributed by atoms with Crippen LogP contribution in [0, 0.1) is 0 Å². The first-order valence-corrected chi connectivity index (χ1v) is 12.3. The molecule has 4 rings (SSSR count). The van der Waals surface area contributed by atoms with Crippen LogP contribution in [0.5, 0.6) is 5.75 Å². The molecule has 0 saturated carbocycles. The van der Waals surface area contributed by atoms with Crippen molar-refractivity contribution >= 4 is 27.9 Å². The number of ether oxygens (including phenoxy) is 2. The molecule has 0 fully saturated rings. The Morgan fingerprint density at radius 1 is 1.08 bits per heavy atom. The van der Waals surface area contributed by atoms with Gasteiger partial charge in [0.1, 0.15) is 23.6 Å². The van der Waals surface area contributed by atoms with Gasteiger partial charge >= 0.3 is 5.97 Å². The number of hydrogen-bond donors (Lipinski definition) is 1. The van der Waals surface area contributed by atoms with E-state index in [1.54, 1.807) is 46.1 Å². The predicted octanol–water partition coefficient (Wildman–Crippen LogP) is 4.28. The van der Waals surface area contributed by atoms with E-state index in [2.05, 4.69) is 17.6 Å². The van der Waals surface area contributed by atoms with E-state index >= 15 is 0 Å². The molecule has 0 saturated heterocycles. The third kappa shape index (κ3) is 4.86. The number of methoxy groups -OCH3 is 1.